The molecule has 0 saturated heterocycles. The van der Waals surface area contributed by atoms with Crippen LogP contribution in [0.3, 0.4) is 0 Å². The van der Waals surface area contributed by atoms with Crippen molar-refractivity contribution in [2.75, 3.05) is 16.8 Å². The number of aryl methyl sites for hydroxylation is 1. The molecule has 1 aromatic heterocycles. The molecule has 2 heterocycles. The van der Waals surface area contributed by atoms with Crippen LogP contribution in [-0.2, 0) is 16.0 Å². The Morgan fingerprint density at radius 3 is 2.88 bits per heavy atom. The van der Waals surface area contributed by atoms with Gasteiger partial charge in [-0.25, -0.2) is 4.98 Å². The number of nitro benzene ring substituents is 1. The van der Waals surface area contributed by atoms with Crippen molar-refractivity contribution in [2.45, 2.75) is 32.8 Å². The van der Waals surface area contributed by atoms with Crippen LogP contribution in [0, 0.1) is 10.1 Å². The highest BCUT2D eigenvalue weighted by molar-refractivity contribution is 7.09. The molecule has 0 aliphatic carbocycles. The van der Waals surface area contributed by atoms with E-state index in [0.717, 1.165) is 29.1 Å². The second-order valence-electron chi connectivity index (χ2n) is 7.60. The summed E-state index contributed by atoms with van der Waals surface area (Å²) in [5, 5.41) is 16.6. The average molecular weight is 467 g/mol. The molecule has 1 aliphatic rings. The first kappa shape index (κ1) is 22.4. The number of rotatable bonds is 7. The van der Waals surface area contributed by atoms with Crippen LogP contribution >= 0.6 is 11.3 Å². The van der Waals surface area contributed by atoms with Gasteiger partial charge in [0.25, 0.3) is 11.6 Å². The Labute approximate surface area is 194 Å². The van der Waals surface area contributed by atoms with Crippen molar-refractivity contribution in [2.24, 2.45) is 0 Å². The second-order valence-corrected chi connectivity index (χ2v) is 8.54. The van der Waals surface area contributed by atoms with Crippen LogP contribution in [0.25, 0.3) is 11.3 Å². The Morgan fingerprint density at radius 2 is 2.12 bits per heavy atom. The van der Waals surface area contributed by atoms with Gasteiger partial charge in [-0.15, -0.1) is 11.3 Å². The van der Waals surface area contributed by atoms with Crippen LogP contribution < -0.4 is 15.0 Å². The van der Waals surface area contributed by atoms with E-state index in [2.05, 4.69) is 17.2 Å². The normalized spacial score (nSPS) is 15.0. The van der Waals surface area contributed by atoms with Gasteiger partial charge in [0.1, 0.15) is 12.3 Å². The van der Waals surface area contributed by atoms with Gasteiger partial charge in [0.15, 0.2) is 6.10 Å². The quantitative estimate of drug-likeness (QED) is 0.407. The highest BCUT2D eigenvalue weighted by Crippen LogP contribution is 2.38. The van der Waals surface area contributed by atoms with Crippen molar-refractivity contribution in [3.8, 4) is 17.0 Å². The summed E-state index contributed by atoms with van der Waals surface area (Å²) in [4.78, 5) is 42.1. The van der Waals surface area contributed by atoms with Gasteiger partial charge in [-0.05, 0) is 44.0 Å². The molecule has 10 heteroatoms. The number of non-ortho nitro benzene ring substituents is 1. The first-order valence-electron chi connectivity index (χ1n) is 10.5. The number of hydrogen-bond acceptors (Lipinski definition) is 7. The summed E-state index contributed by atoms with van der Waals surface area (Å²) in [6.07, 6.45) is 1.16. The van der Waals surface area contributed by atoms with Gasteiger partial charge in [-0.1, -0.05) is 13.0 Å². The molecule has 2 aromatic carbocycles. The molecule has 0 saturated carbocycles. The number of aromatic nitrogens is 1. The van der Waals surface area contributed by atoms with E-state index in [1.54, 1.807) is 36.5 Å². The van der Waals surface area contributed by atoms with Gasteiger partial charge in [0.05, 0.1) is 21.3 Å². The molecule has 9 nitrogen and oxygen atoms in total. The lowest BCUT2D eigenvalue weighted by Crippen LogP contribution is -2.47. The van der Waals surface area contributed by atoms with Crippen molar-refractivity contribution in [1.29, 1.82) is 0 Å². The number of carbonyl (C=O) groups excluding carboxylic acids is 2. The van der Waals surface area contributed by atoms with Crippen LogP contribution in [0.2, 0.25) is 0 Å². The number of carbonyl (C=O) groups is 2. The molecule has 4 rings (SSSR count). The van der Waals surface area contributed by atoms with E-state index >= 15 is 0 Å². The van der Waals surface area contributed by atoms with E-state index in [1.807, 2.05) is 11.4 Å². The molecule has 0 radical (unpaired) electrons. The monoisotopic (exact) mass is 466 g/mol. The topological polar surface area (TPSA) is 115 Å². The molecule has 1 atom stereocenters. The van der Waals surface area contributed by atoms with Gasteiger partial charge in [-0.3, -0.25) is 24.6 Å². The summed E-state index contributed by atoms with van der Waals surface area (Å²) in [5.41, 5.74) is 2.25. The van der Waals surface area contributed by atoms with Crippen molar-refractivity contribution in [3.05, 3.63) is 63.0 Å². The molecule has 33 heavy (non-hydrogen) atoms. The number of benzene rings is 2. The third kappa shape index (κ3) is 4.85. The fourth-order valence-corrected chi connectivity index (χ4v) is 4.45. The lowest BCUT2D eigenvalue weighted by atomic mass is 10.1. The fraction of sp³-hybridized carbons (Fsp3) is 0.261. The first-order valence-corrected chi connectivity index (χ1v) is 11.3. The predicted octanol–water partition coefficient (Wildman–Crippen LogP) is 4.42. The lowest BCUT2D eigenvalue weighted by Gasteiger charge is -2.32. The average Bonchev–Trinajstić information content (AvgIpc) is 3.26. The number of thiazole rings is 1. The Hall–Kier alpha value is -3.79. The predicted molar refractivity (Wildman–Crippen MR) is 126 cm³/mol. The minimum absolute atomic E-state index is 0.135. The molecule has 0 bridgehead atoms. The zero-order valence-electron chi connectivity index (χ0n) is 18.1. The van der Waals surface area contributed by atoms with Crippen molar-refractivity contribution >= 4 is 40.2 Å². The third-order valence-corrected chi connectivity index (χ3v) is 6.03. The van der Waals surface area contributed by atoms with Crippen LogP contribution in [0.4, 0.5) is 17.1 Å². The van der Waals surface area contributed by atoms with Gasteiger partial charge in [0, 0.05) is 28.8 Å². The van der Waals surface area contributed by atoms with E-state index < -0.39 is 16.9 Å². The van der Waals surface area contributed by atoms with Crippen molar-refractivity contribution < 1.29 is 19.2 Å². The zero-order valence-corrected chi connectivity index (χ0v) is 18.9. The number of fused-ring (bicyclic) bond motifs is 1. The highest BCUT2D eigenvalue weighted by atomic mass is 32.1. The number of ether oxygens (including phenoxy) is 1. The molecule has 1 unspecified atom stereocenters. The lowest BCUT2D eigenvalue weighted by molar-refractivity contribution is -0.384. The third-order valence-electron chi connectivity index (χ3n) is 5.12. The first-order chi connectivity index (χ1) is 15.9. The minimum atomic E-state index is -0.746. The van der Waals surface area contributed by atoms with E-state index in [0.29, 0.717) is 11.4 Å². The minimum Gasteiger partial charge on any atom is -0.479 e. The summed E-state index contributed by atoms with van der Waals surface area (Å²) >= 11 is 1.59. The van der Waals surface area contributed by atoms with Gasteiger partial charge in [0.2, 0.25) is 5.91 Å². The molecule has 1 aliphatic heterocycles. The maximum Gasteiger partial charge on any atom is 0.271 e. The molecule has 0 fully saturated rings. The molecule has 0 spiro atoms. The molecule has 170 valence electrons. The maximum atomic E-state index is 12.9. The number of hydrogen-bond donors (Lipinski definition) is 1. The number of amides is 2. The molecular weight excluding hydrogens is 444 g/mol. The smallest absolute Gasteiger partial charge is 0.271 e. The largest absolute Gasteiger partial charge is 0.479 e. The van der Waals surface area contributed by atoms with Crippen LogP contribution in [0.15, 0.2) is 47.8 Å². The Balaban J connectivity index is 1.59. The number of nitrogens with zero attached hydrogens (tertiary/aromatic N) is 3. The SMILES string of the molecule is CCCc1nc(-c2ccc3c(c2)N(CC(=O)Nc2cccc([N+](=O)[O-])c2)C(=O)C(C)O3)cs1. The van der Waals surface area contributed by atoms with Gasteiger partial charge >= 0.3 is 0 Å². The van der Waals surface area contributed by atoms with E-state index in [-0.39, 0.29) is 23.8 Å². The summed E-state index contributed by atoms with van der Waals surface area (Å²) in [7, 11) is 0. The highest BCUT2D eigenvalue weighted by Gasteiger charge is 2.33. The Kier molecular flexibility index (Phi) is 6.36. The maximum absolute atomic E-state index is 12.9. The number of nitrogens with one attached hydrogen (secondary N) is 1. The van der Waals surface area contributed by atoms with Crippen molar-refractivity contribution in [3.63, 3.8) is 0 Å². The number of nitro groups is 1. The fourth-order valence-electron chi connectivity index (χ4n) is 3.54. The zero-order chi connectivity index (χ0) is 23.5. The summed E-state index contributed by atoms with van der Waals surface area (Å²) in [5.74, 6) is -0.329. The summed E-state index contributed by atoms with van der Waals surface area (Å²) < 4.78 is 5.74. The Morgan fingerprint density at radius 1 is 1.30 bits per heavy atom. The van der Waals surface area contributed by atoms with Gasteiger partial charge < -0.3 is 10.1 Å². The molecular formula is C23H22N4O5S. The van der Waals surface area contributed by atoms with E-state index in [1.165, 1.54) is 23.1 Å². The molecule has 3 aromatic rings. The Bertz CT molecular complexity index is 1230. The van der Waals surface area contributed by atoms with Crippen molar-refractivity contribution in [1.82, 2.24) is 4.98 Å². The molecule has 1 N–H and O–H groups in total. The summed E-state index contributed by atoms with van der Waals surface area (Å²) in [6, 6.07) is 11.1. The number of anilines is 2. The standard InChI is InChI=1S/C23H22N4O5S/c1-3-5-22-25-18(13-33-22)15-8-9-20-19(10-15)26(23(29)14(2)32-20)12-21(28)24-16-6-4-7-17(11-16)27(30)31/h4,6-11,13-14H,3,5,12H2,1-2H3,(H,24,28). The summed E-state index contributed by atoms with van der Waals surface area (Å²) in [6.45, 7) is 3.46. The van der Waals surface area contributed by atoms with Crippen LogP contribution in [-0.4, -0.2) is 34.4 Å². The molecule has 2 amide bonds. The van der Waals surface area contributed by atoms with Crippen LogP contribution in [0.5, 0.6) is 5.75 Å². The van der Waals surface area contributed by atoms with E-state index in [9.17, 15) is 19.7 Å². The van der Waals surface area contributed by atoms with Gasteiger partial charge in [-0.2, -0.15) is 0 Å². The van der Waals surface area contributed by atoms with Crippen LogP contribution in [0.1, 0.15) is 25.3 Å². The van der Waals surface area contributed by atoms with E-state index in [4.69, 9.17) is 4.74 Å². The second kappa shape index (κ2) is 9.37.